The van der Waals surface area contributed by atoms with Gasteiger partial charge in [-0.2, -0.15) is 0 Å². The molecule has 0 aromatic carbocycles. The molecule has 17 heavy (non-hydrogen) atoms. The molecule has 4 heteroatoms. The van der Waals surface area contributed by atoms with Gasteiger partial charge < -0.3 is 15.3 Å². The summed E-state index contributed by atoms with van der Waals surface area (Å²) >= 11 is 0. The lowest BCUT2D eigenvalue weighted by atomic mass is 9.89. The summed E-state index contributed by atoms with van der Waals surface area (Å²) in [5.41, 5.74) is 0. The highest BCUT2D eigenvalue weighted by atomic mass is 16.3. The van der Waals surface area contributed by atoms with Crippen molar-refractivity contribution in [1.29, 1.82) is 0 Å². The number of carbonyl (C=O) groups excluding carboxylic acids is 1. The zero-order chi connectivity index (χ0) is 12.3. The Kier molecular flexibility index (Phi) is 4.40. The number of hydrogen-bond donors (Lipinski definition) is 2. The van der Waals surface area contributed by atoms with E-state index in [-0.39, 0.29) is 18.1 Å². The third-order valence-electron chi connectivity index (χ3n) is 4.10. The third kappa shape index (κ3) is 3.19. The fourth-order valence-electron chi connectivity index (χ4n) is 2.93. The van der Waals surface area contributed by atoms with Crippen LogP contribution in [0.25, 0.3) is 0 Å². The first kappa shape index (κ1) is 12.8. The fraction of sp³-hybridized carbons (Fsp3) is 0.923. The molecule has 0 aromatic heterocycles. The molecule has 98 valence electrons. The Labute approximate surface area is 103 Å². The molecule has 2 unspecified atom stereocenters. The zero-order valence-corrected chi connectivity index (χ0v) is 10.7. The largest absolute Gasteiger partial charge is 0.391 e. The second-order valence-electron chi connectivity index (χ2n) is 5.39. The van der Waals surface area contributed by atoms with Crippen LogP contribution >= 0.6 is 0 Å². The van der Waals surface area contributed by atoms with Crippen molar-refractivity contribution in [2.24, 2.45) is 5.92 Å². The number of piperidine rings is 2. The first-order valence-corrected chi connectivity index (χ1v) is 6.91. The van der Waals surface area contributed by atoms with Crippen LogP contribution in [0.5, 0.6) is 0 Å². The molecule has 3 atom stereocenters. The predicted octanol–water partition coefficient (Wildman–Crippen LogP) is 0.748. The molecule has 2 rings (SSSR count). The number of nitrogens with one attached hydrogen (secondary N) is 1. The van der Waals surface area contributed by atoms with Crippen LogP contribution in [0.4, 0.5) is 0 Å². The molecule has 0 saturated carbocycles. The van der Waals surface area contributed by atoms with E-state index >= 15 is 0 Å². The van der Waals surface area contributed by atoms with Crippen LogP contribution in [0.2, 0.25) is 0 Å². The van der Waals surface area contributed by atoms with Crippen molar-refractivity contribution >= 4 is 5.91 Å². The molecular formula is C13H24N2O2. The van der Waals surface area contributed by atoms with Gasteiger partial charge in [0.25, 0.3) is 0 Å². The van der Waals surface area contributed by atoms with E-state index in [0.29, 0.717) is 12.5 Å². The average molecular weight is 240 g/mol. The topological polar surface area (TPSA) is 52.6 Å². The molecule has 1 amide bonds. The Balaban J connectivity index is 1.89. The van der Waals surface area contributed by atoms with Crippen LogP contribution in [0.3, 0.4) is 0 Å². The maximum atomic E-state index is 12.3. The van der Waals surface area contributed by atoms with Crippen LogP contribution in [-0.2, 0) is 4.79 Å². The number of likely N-dealkylation sites (tertiary alicyclic amines) is 1. The van der Waals surface area contributed by atoms with Gasteiger partial charge in [0, 0.05) is 13.1 Å². The van der Waals surface area contributed by atoms with Crippen molar-refractivity contribution in [3.63, 3.8) is 0 Å². The fourth-order valence-corrected chi connectivity index (χ4v) is 2.93. The maximum Gasteiger partial charge on any atom is 0.239 e. The van der Waals surface area contributed by atoms with E-state index in [1.54, 1.807) is 0 Å². The SMILES string of the molecule is CCC1CCNC(C(=O)N2CCC[C@H](O)C2)C1. The lowest BCUT2D eigenvalue weighted by Crippen LogP contribution is -2.53. The Morgan fingerprint density at radius 2 is 2.29 bits per heavy atom. The van der Waals surface area contributed by atoms with E-state index in [1.807, 2.05) is 4.90 Å². The van der Waals surface area contributed by atoms with Gasteiger partial charge in [0.1, 0.15) is 0 Å². The molecule has 0 aromatic rings. The van der Waals surface area contributed by atoms with Crippen LogP contribution in [-0.4, -0.2) is 47.7 Å². The Bertz CT molecular complexity index is 270. The highest BCUT2D eigenvalue weighted by Crippen LogP contribution is 2.21. The van der Waals surface area contributed by atoms with Crippen molar-refractivity contribution < 1.29 is 9.90 Å². The summed E-state index contributed by atoms with van der Waals surface area (Å²) in [6.07, 6.45) is 4.74. The summed E-state index contributed by atoms with van der Waals surface area (Å²) in [6.45, 7) is 4.48. The molecular weight excluding hydrogens is 216 g/mol. The molecule has 2 aliphatic heterocycles. The van der Waals surface area contributed by atoms with Crippen molar-refractivity contribution in [1.82, 2.24) is 10.2 Å². The summed E-state index contributed by atoms with van der Waals surface area (Å²) in [5.74, 6) is 0.877. The van der Waals surface area contributed by atoms with Gasteiger partial charge in [0.05, 0.1) is 12.1 Å². The second kappa shape index (κ2) is 5.83. The van der Waals surface area contributed by atoms with E-state index in [2.05, 4.69) is 12.2 Å². The highest BCUT2D eigenvalue weighted by molar-refractivity contribution is 5.82. The summed E-state index contributed by atoms with van der Waals surface area (Å²) in [6, 6.07) is -0.0148. The third-order valence-corrected chi connectivity index (χ3v) is 4.10. The lowest BCUT2D eigenvalue weighted by molar-refractivity contribution is -0.137. The number of carbonyl (C=O) groups is 1. The quantitative estimate of drug-likeness (QED) is 0.749. The van der Waals surface area contributed by atoms with Crippen LogP contribution in [0.15, 0.2) is 0 Å². The number of aliphatic hydroxyl groups excluding tert-OH is 1. The number of aliphatic hydroxyl groups is 1. The number of amides is 1. The molecule has 0 spiro atoms. The maximum absolute atomic E-state index is 12.3. The number of rotatable bonds is 2. The van der Waals surface area contributed by atoms with E-state index < -0.39 is 0 Å². The van der Waals surface area contributed by atoms with Gasteiger partial charge in [-0.25, -0.2) is 0 Å². The van der Waals surface area contributed by atoms with Crippen molar-refractivity contribution in [2.75, 3.05) is 19.6 Å². The van der Waals surface area contributed by atoms with Crippen LogP contribution < -0.4 is 5.32 Å². The Morgan fingerprint density at radius 3 is 3.00 bits per heavy atom. The van der Waals surface area contributed by atoms with Gasteiger partial charge in [-0.15, -0.1) is 0 Å². The molecule has 2 N–H and O–H groups in total. The summed E-state index contributed by atoms with van der Waals surface area (Å²) in [7, 11) is 0. The monoisotopic (exact) mass is 240 g/mol. The standard InChI is InChI=1S/C13H24N2O2/c1-2-10-5-6-14-12(8-10)13(17)15-7-3-4-11(16)9-15/h10-12,14,16H,2-9H2,1H3/t10?,11-,12?/m0/s1. The van der Waals surface area contributed by atoms with E-state index in [4.69, 9.17) is 0 Å². The van der Waals surface area contributed by atoms with Crippen LogP contribution in [0.1, 0.15) is 39.0 Å². The number of hydrogen-bond acceptors (Lipinski definition) is 3. The molecule has 4 nitrogen and oxygen atoms in total. The van der Waals surface area contributed by atoms with E-state index in [0.717, 1.165) is 38.8 Å². The summed E-state index contributed by atoms with van der Waals surface area (Å²) < 4.78 is 0. The minimum Gasteiger partial charge on any atom is -0.391 e. The van der Waals surface area contributed by atoms with Crippen LogP contribution in [0, 0.1) is 5.92 Å². The first-order valence-electron chi connectivity index (χ1n) is 6.91. The Hall–Kier alpha value is -0.610. The molecule has 2 saturated heterocycles. The minimum atomic E-state index is -0.321. The molecule has 2 heterocycles. The summed E-state index contributed by atoms with van der Waals surface area (Å²) in [5, 5.41) is 12.9. The smallest absolute Gasteiger partial charge is 0.239 e. The second-order valence-corrected chi connectivity index (χ2v) is 5.39. The molecule has 0 radical (unpaired) electrons. The van der Waals surface area contributed by atoms with Crippen molar-refractivity contribution in [2.45, 2.75) is 51.2 Å². The van der Waals surface area contributed by atoms with Gasteiger partial charge in [-0.05, 0) is 38.1 Å². The zero-order valence-electron chi connectivity index (χ0n) is 10.7. The molecule has 2 fully saturated rings. The Morgan fingerprint density at radius 1 is 1.47 bits per heavy atom. The lowest BCUT2D eigenvalue weighted by Gasteiger charge is -2.36. The number of nitrogens with zero attached hydrogens (tertiary/aromatic N) is 1. The van der Waals surface area contributed by atoms with Gasteiger partial charge in [-0.1, -0.05) is 13.3 Å². The normalized spacial score (nSPS) is 34.7. The molecule has 2 aliphatic rings. The predicted molar refractivity (Wildman–Crippen MR) is 66.6 cm³/mol. The van der Waals surface area contributed by atoms with E-state index in [9.17, 15) is 9.90 Å². The van der Waals surface area contributed by atoms with Gasteiger partial charge in [0.2, 0.25) is 5.91 Å². The van der Waals surface area contributed by atoms with Gasteiger partial charge >= 0.3 is 0 Å². The van der Waals surface area contributed by atoms with Gasteiger partial charge in [0.15, 0.2) is 0 Å². The van der Waals surface area contributed by atoms with E-state index in [1.165, 1.54) is 6.42 Å². The highest BCUT2D eigenvalue weighted by Gasteiger charge is 2.31. The first-order chi connectivity index (χ1) is 8.20. The molecule has 0 aliphatic carbocycles. The molecule has 0 bridgehead atoms. The average Bonchev–Trinajstić information content (AvgIpc) is 2.38. The van der Waals surface area contributed by atoms with Gasteiger partial charge in [-0.3, -0.25) is 4.79 Å². The minimum absolute atomic E-state index is 0.0148. The van der Waals surface area contributed by atoms with Crippen molar-refractivity contribution in [3.8, 4) is 0 Å². The summed E-state index contributed by atoms with van der Waals surface area (Å²) in [4.78, 5) is 14.1. The number of β-amino-alcohol motifs (C(OH)–C–C–N with tert-alkyl or cyclic N) is 1. The van der Waals surface area contributed by atoms with Crippen molar-refractivity contribution in [3.05, 3.63) is 0 Å².